The number of aliphatic hydroxyl groups is 2. The van der Waals surface area contributed by atoms with E-state index >= 15 is 0 Å². The predicted octanol–water partition coefficient (Wildman–Crippen LogP) is 6.79. The van der Waals surface area contributed by atoms with Crippen molar-refractivity contribution in [1.29, 1.82) is 0 Å². The van der Waals surface area contributed by atoms with Crippen LogP contribution in [-0.2, 0) is 4.79 Å². The number of hydrogen-bond donors (Lipinski definition) is 4. The Morgan fingerprint density at radius 3 is 2.26 bits per heavy atom. The SMILES string of the molecule is C=C1C[C@@H](O)[C@H](/C=C/[C@@H](O)C(C)(C)CCCC)[C@H]1C/C=C\CCCC(=O)O.NC12CC3CC(CC(C3)C1)C2. The van der Waals surface area contributed by atoms with Crippen LogP contribution in [0.25, 0.3) is 0 Å². The number of unbranched alkanes of at least 4 members (excludes halogenated alkanes) is 2. The van der Waals surface area contributed by atoms with Crippen molar-refractivity contribution in [3.8, 4) is 0 Å². The summed E-state index contributed by atoms with van der Waals surface area (Å²) in [5.74, 6) is 2.43. The van der Waals surface area contributed by atoms with E-state index in [-0.39, 0.29) is 23.7 Å². The largest absolute Gasteiger partial charge is 0.481 e. The van der Waals surface area contributed by atoms with Crippen LogP contribution in [0.5, 0.6) is 0 Å². The fourth-order valence-corrected chi connectivity index (χ4v) is 7.87. The van der Waals surface area contributed by atoms with Gasteiger partial charge in [-0.05, 0) is 99.7 Å². The zero-order valence-electron chi connectivity index (χ0n) is 24.3. The third-order valence-corrected chi connectivity index (χ3v) is 9.80. The Bertz CT molecular complexity index is 809. The summed E-state index contributed by atoms with van der Waals surface area (Å²) in [4.78, 5) is 10.5. The van der Waals surface area contributed by atoms with Gasteiger partial charge >= 0.3 is 5.97 Å². The van der Waals surface area contributed by atoms with Gasteiger partial charge in [0, 0.05) is 17.9 Å². The van der Waals surface area contributed by atoms with E-state index in [4.69, 9.17) is 10.8 Å². The van der Waals surface area contributed by atoms with E-state index in [0.717, 1.165) is 55.4 Å². The van der Waals surface area contributed by atoms with Crippen LogP contribution >= 0.6 is 0 Å². The minimum Gasteiger partial charge on any atom is -0.481 e. The molecule has 0 aromatic carbocycles. The van der Waals surface area contributed by atoms with Crippen molar-refractivity contribution in [3.63, 3.8) is 0 Å². The Morgan fingerprint density at radius 1 is 1.13 bits per heavy atom. The van der Waals surface area contributed by atoms with E-state index in [2.05, 4.69) is 33.4 Å². The van der Waals surface area contributed by atoms with Gasteiger partial charge in [-0.1, -0.05) is 70.1 Å². The van der Waals surface area contributed by atoms with Crippen molar-refractivity contribution in [2.75, 3.05) is 0 Å². The Kier molecular flexibility index (Phi) is 11.3. The molecule has 38 heavy (non-hydrogen) atoms. The fourth-order valence-electron chi connectivity index (χ4n) is 7.87. The molecule has 5 rings (SSSR count). The summed E-state index contributed by atoms with van der Waals surface area (Å²) < 4.78 is 0. The summed E-state index contributed by atoms with van der Waals surface area (Å²) >= 11 is 0. The number of carboxylic acid groups (broad SMARTS) is 1. The van der Waals surface area contributed by atoms with E-state index in [0.29, 0.717) is 18.4 Å². The maximum Gasteiger partial charge on any atom is 0.303 e. The Hall–Kier alpha value is -1.43. The molecule has 5 aliphatic carbocycles. The van der Waals surface area contributed by atoms with Gasteiger partial charge in [0.15, 0.2) is 0 Å². The Labute approximate surface area is 231 Å². The normalized spacial score (nSPS) is 35.2. The van der Waals surface area contributed by atoms with Crippen LogP contribution in [0.3, 0.4) is 0 Å². The zero-order chi connectivity index (χ0) is 27.9. The molecule has 0 aromatic heterocycles. The number of rotatable bonds is 12. The fraction of sp³-hybridized carbons (Fsp3) is 0.788. The third-order valence-electron chi connectivity index (χ3n) is 9.80. The van der Waals surface area contributed by atoms with Crippen molar-refractivity contribution in [1.82, 2.24) is 0 Å². The molecule has 5 fully saturated rings. The second-order valence-corrected chi connectivity index (χ2v) is 13.8. The lowest BCUT2D eigenvalue weighted by molar-refractivity contribution is -0.137. The molecule has 216 valence electrons. The van der Waals surface area contributed by atoms with Crippen LogP contribution in [0.2, 0.25) is 0 Å². The number of carboxylic acids is 1. The molecule has 5 saturated carbocycles. The first-order chi connectivity index (χ1) is 17.9. The van der Waals surface area contributed by atoms with Crippen molar-refractivity contribution in [2.45, 2.75) is 128 Å². The van der Waals surface area contributed by atoms with Gasteiger partial charge in [0.1, 0.15) is 0 Å². The lowest BCUT2D eigenvalue weighted by Crippen LogP contribution is -2.55. The lowest BCUT2D eigenvalue weighted by atomic mass is 9.53. The molecule has 5 heteroatoms. The van der Waals surface area contributed by atoms with Crippen LogP contribution in [0.1, 0.15) is 111 Å². The molecule has 0 aromatic rings. The van der Waals surface area contributed by atoms with Crippen molar-refractivity contribution < 1.29 is 20.1 Å². The van der Waals surface area contributed by atoms with Gasteiger partial charge < -0.3 is 21.1 Å². The topological polar surface area (TPSA) is 104 Å². The van der Waals surface area contributed by atoms with Gasteiger partial charge in [0.05, 0.1) is 12.2 Å². The molecule has 0 unspecified atom stereocenters. The van der Waals surface area contributed by atoms with E-state index in [1.54, 1.807) is 0 Å². The summed E-state index contributed by atoms with van der Waals surface area (Å²) in [6.45, 7) is 10.4. The highest BCUT2D eigenvalue weighted by molar-refractivity contribution is 5.66. The average Bonchev–Trinajstić information content (AvgIpc) is 3.08. The van der Waals surface area contributed by atoms with Gasteiger partial charge in [-0.2, -0.15) is 0 Å². The minimum absolute atomic E-state index is 0.0298. The van der Waals surface area contributed by atoms with Gasteiger partial charge in [-0.25, -0.2) is 0 Å². The van der Waals surface area contributed by atoms with Crippen molar-refractivity contribution in [2.24, 2.45) is 40.7 Å². The maximum absolute atomic E-state index is 10.6. The highest BCUT2D eigenvalue weighted by Crippen LogP contribution is 2.54. The van der Waals surface area contributed by atoms with Crippen molar-refractivity contribution >= 4 is 5.97 Å². The highest BCUT2D eigenvalue weighted by Gasteiger charge is 2.48. The van der Waals surface area contributed by atoms with Crippen LogP contribution in [0, 0.1) is 35.0 Å². The molecule has 5 nitrogen and oxygen atoms in total. The van der Waals surface area contributed by atoms with Crippen LogP contribution in [-0.4, -0.2) is 39.0 Å². The molecule has 0 saturated heterocycles. The quantitative estimate of drug-likeness (QED) is 0.165. The average molecular weight is 530 g/mol. The first-order valence-corrected chi connectivity index (χ1v) is 15.3. The molecule has 5 N–H and O–H groups in total. The molecule has 0 spiro atoms. The molecular weight excluding hydrogens is 474 g/mol. The maximum atomic E-state index is 10.6. The van der Waals surface area contributed by atoms with E-state index in [9.17, 15) is 15.0 Å². The molecule has 4 bridgehead atoms. The molecule has 5 aliphatic rings. The first-order valence-electron chi connectivity index (χ1n) is 15.3. The van der Waals surface area contributed by atoms with Crippen LogP contribution in [0.15, 0.2) is 36.5 Å². The van der Waals surface area contributed by atoms with Crippen molar-refractivity contribution in [3.05, 3.63) is 36.5 Å². The second-order valence-electron chi connectivity index (χ2n) is 13.8. The number of allylic oxidation sites excluding steroid dienone is 2. The molecular formula is C33H55NO4. The minimum atomic E-state index is -0.763. The molecule has 0 heterocycles. The third kappa shape index (κ3) is 8.79. The molecule has 0 amide bonds. The zero-order valence-corrected chi connectivity index (χ0v) is 24.3. The number of nitrogens with two attached hydrogens (primary N) is 1. The number of carbonyl (C=O) groups is 1. The van der Waals surface area contributed by atoms with E-state index < -0.39 is 18.2 Å². The second kappa shape index (κ2) is 13.8. The highest BCUT2D eigenvalue weighted by atomic mass is 16.4. The predicted molar refractivity (Wildman–Crippen MR) is 156 cm³/mol. The Morgan fingerprint density at radius 2 is 1.74 bits per heavy atom. The number of aliphatic carboxylic acids is 1. The molecule has 0 aliphatic heterocycles. The molecule has 0 radical (unpaired) electrons. The van der Waals surface area contributed by atoms with Gasteiger partial charge in [0.2, 0.25) is 0 Å². The first kappa shape index (κ1) is 31.1. The molecule has 4 atom stereocenters. The summed E-state index contributed by atoms with van der Waals surface area (Å²) in [7, 11) is 0. The number of hydrogen-bond acceptors (Lipinski definition) is 4. The monoisotopic (exact) mass is 529 g/mol. The van der Waals surface area contributed by atoms with E-state index in [1.165, 1.54) is 38.5 Å². The summed E-state index contributed by atoms with van der Waals surface area (Å²) in [5, 5.41) is 29.6. The van der Waals surface area contributed by atoms with Crippen LogP contribution < -0.4 is 5.73 Å². The van der Waals surface area contributed by atoms with E-state index in [1.807, 2.05) is 18.2 Å². The number of aliphatic hydroxyl groups excluding tert-OH is 2. The summed E-state index contributed by atoms with van der Waals surface area (Å²) in [5.41, 5.74) is 7.50. The smallest absolute Gasteiger partial charge is 0.303 e. The van der Waals surface area contributed by atoms with Crippen LogP contribution in [0.4, 0.5) is 0 Å². The summed E-state index contributed by atoms with van der Waals surface area (Å²) in [6.07, 6.45) is 21.6. The van der Waals surface area contributed by atoms with Gasteiger partial charge in [-0.3, -0.25) is 4.79 Å². The lowest BCUT2D eigenvalue weighted by Gasteiger charge is -2.55. The summed E-state index contributed by atoms with van der Waals surface area (Å²) in [6, 6.07) is 0. The standard InChI is InChI=1S/C23H38O4.C10H17N/c1-5-6-15-23(3,4)21(25)14-13-19-18(17(2)16-20(19)24)11-9-7-8-10-12-22(26)27;11-10-4-7-1-8(5-10)3-9(2-7)6-10/h7,9,13-14,18-21,24-25H,2,5-6,8,10-12,15-16H2,1,3-4H3,(H,26,27);7-9H,1-6,11H2/b9-7-,14-13+;/t18-,19+,20+,21+;/m0./s1. The van der Waals surface area contributed by atoms with Gasteiger partial charge in [-0.15, -0.1) is 0 Å². The van der Waals surface area contributed by atoms with Gasteiger partial charge in [0.25, 0.3) is 0 Å². The Balaban J connectivity index is 0.000000294.